The highest BCUT2D eigenvalue weighted by atomic mass is 32.2. The van der Waals surface area contributed by atoms with E-state index < -0.39 is 0 Å². The van der Waals surface area contributed by atoms with E-state index in [2.05, 4.69) is 11.8 Å². The predicted molar refractivity (Wildman–Crippen MR) is 60.1 cm³/mol. The molecule has 0 amide bonds. The SMILES string of the molecule is NCC1(CCSC2CCCC2)CC1. The highest BCUT2D eigenvalue weighted by Gasteiger charge is 2.40. The van der Waals surface area contributed by atoms with E-state index in [1.54, 1.807) is 0 Å². The zero-order valence-electron chi connectivity index (χ0n) is 8.43. The van der Waals surface area contributed by atoms with Gasteiger partial charge in [-0.25, -0.2) is 0 Å². The van der Waals surface area contributed by atoms with Crippen molar-refractivity contribution in [3.63, 3.8) is 0 Å². The Bertz CT molecular complexity index is 159. The molecule has 13 heavy (non-hydrogen) atoms. The monoisotopic (exact) mass is 199 g/mol. The highest BCUT2D eigenvalue weighted by molar-refractivity contribution is 7.99. The lowest BCUT2D eigenvalue weighted by Gasteiger charge is -2.13. The second-order valence-corrected chi connectivity index (χ2v) is 6.14. The van der Waals surface area contributed by atoms with E-state index in [9.17, 15) is 0 Å². The molecule has 0 heterocycles. The van der Waals surface area contributed by atoms with Crippen LogP contribution in [0.15, 0.2) is 0 Å². The average molecular weight is 199 g/mol. The van der Waals surface area contributed by atoms with Crippen molar-refractivity contribution >= 4 is 11.8 Å². The number of hydrogen-bond acceptors (Lipinski definition) is 2. The Morgan fingerprint density at radius 3 is 2.46 bits per heavy atom. The Balaban J connectivity index is 1.58. The van der Waals surface area contributed by atoms with Crippen molar-refractivity contribution in [2.75, 3.05) is 12.3 Å². The summed E-state index contributed by atoms with van der Waals surface area (Å²) in [6.45, 7) is 0.929. The summed E-state index contributed by atoms with van der Waals surface area (Å²) in [5, 5.41) is 0.994. The summed E-state index contributed by atoms with van der Waals surface area (Å²) in [5.41, 5.74) is 6.36. The van der Waals surface area contributed by atoms with Gasteiger partial charge in [0.2, 0.25) is 0 Å². The Labute approximate surface area is 85.8 Å². The smallest absolute Gasteiger partial charge is 0.00470 e. The van der Waals surface area contributed by atoms with Crippen molar-refractivity contribution in [1.82, 2.24) is 0 Å². The number of rotatable bonds is 5. The Kier molecular flexibility index (Phi) is 3.20. The van der Waals surface area contributed by atoms with Crippen LogP contribution in [-0.4, -0.2) is 17.5 Å². The standard InChI is InChI=1S/C11H21NS/c12-9-11(5-6-11)7-8-13-10-3-1-2-4-10/h10H,1-9,12H2. The molecule has 0 unspecified atom stereocenters. The van der Waals surface area contributed by atoms with Gasteiger partial charge in [0.1, 0.15) is 0 Å². The summed E-state index contributed by atoms with van der Waals surface area (Å²) >= 11 is 2.21. The first-order chi connectivity index (χ1) is 6.35. The van der Waals surface area contributed by atoms with Crippen molar-refractivity contribution < 1.29 is 0 Å². The van der Waals surface area contributed by atoms with E-state index >= 15 is 0 Å². The summed E-state index contributed by atoms with van der Waals surface area (Å²) in [4.78, 5) is 0. The molecule has 1 nitrogen and oxygen atoms in total. The zero-order chi connectivity index (χ0) is 9.15. The van der Waals surface area contributed by atoms with E-state index in [1.807, 2.05) is 0 Å². The Hall–Kier alpha value is 0.310. The van der Waals surface area contributed by atoms with E-state index in [0.717, 1.165) is 11.8 Å². The van der Waals surface area contributed by atoms with Gasteiger partial charge < -0.3 is 5.73 Å². The molecule has 2 saturated carbocycles. The molecule has 76 valence electrons. The molecule has 2 aliphatic rings. The van der Waals surface area contributed by atoms with Crippen LogP contribution in [-0.2, 0) is 0 Å². The maximum absolute atomic E-state index is 5.75. The molecule has 0 aromatic heterocycles. The van der Waals surface area contributed by atoms with E-state index in [-0.39, 0.29) is 0 Å². The third kappa shape index (κ3) is 2.63. The lowest BCUT2D eigenvalue weighted by molar-refractivity contribution is 0.509. The van der Waals surface area contributed by atoms with Gasteiger partial charge >= 0.3 is 0 Å². The molecule has 0 saturated heterocycles. The van der Waals surface area contributed by atoms with Crippen molar-refractivity contribution in [3.05, 3.63) is 0 Å². The average Bonchev–Trinajstić information content (AvgIpc) is 2.74. The fraction of sp³-hybridized carbons (Fsp3) is 1.00. The van der Waals surface area contributed by atoms with Crippen LogP contribution < -0.4 is 5.73 Å². The minimum atomic E-state index is 0.603. The highest BCUT2D eigenvalue weighted by Crippen LogP contribution is 2.48. The molecule has 0 aliphatic heterocycles. The first kappa shape index (κ1) is 9.85. The van der Waals surface area contributed by atoms with Crippen molar-refractivity contribution in [2.24, 2.45) is 11.1 Å². The van der Waals surface area contributed by atoms with Crippen LogP contribution in [0.4, 0.5) is 0 Å². The third-order valence-electron chi connectivity index (χ3n) is 3.68. The van der Waals surface area contributed by atoms with Crippen molar-refractivity contribution in [1.29, 1.82) is 0 Å². The van der Waals surface area contributed by atoms with Gasteiger partial charge in [0.15, 0.2) is 0 Å². The Morgan fingerprint density at radius 2 is 1.92 bits per heavy atom. The van der Waals surface area contributed by atoms with Gasteiger partial charge in [-0.3, -0.25) is 0 Å². The van der Waals surface area contributed by atoms with E-state index in [1.165, 1.54) is 50.7 Å². The molecule has 2 fully saturated rings. The van der Waals surface area contributed by atoms with Crippen LogP contribution in [0.3, 0.4) is 0 Å². The van der Waals surface area contributed by atoms with Gasteiger partial charge in [0.05, 0.1) is 0 Å². The van der Waals surface area contributed by atoms with Gasteiger partial charge in [-0.1, -0.05) is 12.8 Å². The van der Waals surface area contributed by atoms with Gasteiger partial charge in [0.25, 0.3) is 0 Å². The number of hydrogen-bond donors (Lipinski definition) is 1. The molecule has 0 bridgehead atoms. The first-order valence-corrected chi connectivity index (χ1v) is 6.71. The maximum Gasteiger partial charge on any atom is 0.00470 e. The van der Waals surface area contributed by atoms with E-state index in [0.29, 0.717) is 5.41 Å². The molecule has 0 spiro atoms. The largest absolute Gasteiger partial charge is 0.330 e. The van der Waals surface area contributed by atoms with Crippen molar-refractivity contribution in [2.45, 2.75) is 50.2 Å². The van der Waals surface area contributed by atoms with Gasteiger partial charge in [-0.15, -0.1) is 0 Å². The molecule has 2 N–H and O–H groups in total. The normalized spacial score (nSPS) is 26.5. The minimum absolute atomic E-state index is 0.603. The number of thioether (sulfide) groups is 1. The Morgan fingerprint density at radius 1 is 1.23 bits per heavy atom. The quantitative estimate of drug-likeness (QED) is 0.737. The topological polar surface area (TPSA) is 26.0 Å². The lowest BCUT2D eigenvalue weighted by atomic mass is 10.1. The van der Waals surface area contributed by atoms with Crippen LogP contribution in [0, 0.1) is 5.41 Å². The van der Waals surface area contributed by atoms with Crippen LogP contribution in [0.5, 0.6) is 0 Å². The summed E-state index contributed by atoms with van der Waals surface area (Å²) in [7, 11) is 0. The zero-order valence-corrected chi connectivity index (χ0v) is 9.24. The van der Waals surface area contributed by atoms with Gasteiger partial charge in [0, 0.05) is 5.25 Å². The molecular weight excluding hydrogens is 178 g/mol. The molecule has 0 aromatic rings. The van der Waals surface area contributed by atoms with Crippen LogP contribution in [0.2, 0.25) is 0 Å². The summed E-state index contributed by atoms with van der Waals surface area (Å²) in [6, 6.07) is 0. The summed E-state index contributed by atoms with van der Waals surface area (Å²) in [5.74, 6) is 1.36. The van der Waals surface area contributed by atoms with E-state index in [4.69, 9.17) is 5.73 Å². The van der Waals surface area contributed by atoms with Crippen molar-refractivity contribution in [3.8, 4) is 0 Å². The second-order valence-electron chi connectivity index (χ2n) is 4.73. The lowest BCUT2D eigenvalue weighted by Crippen LogP contribution is -2.16. The predicted octanol–water partition coefficient (Wildman–Crippen LogP) is 2.79. The summed E-state index contributed by atoms with van der Waals surface area (Å²) in [6.07, 6.45) is 10.1. The molecular formula is C11H21NS. The van der Waals surface area contributed by atoms with Crippen LogP contribution >= 0.6 is 11.8 Å². The fourth-order valence-corrected chi connectivity index (χ4v) is 3.78. The third-order valence-corrected chi connectivity index (χ3v) is 5.06. The van der Waals surface area contributed by atoms with Gasteiger partial charge in [-0.05, 0) is 49.8 Å². The van der Waals surface area contributed by atoms with Crippen LogP contribution in [0.25, 0.3) is 0 Å². The maximum atomic E-state index is 5.75. The first-order valence-electron chi connectivity index (χ1n) is 5.66. The molecule has 2 heteroatoms. The number of nitrogens with two attached hydrogens (primary N) is 1. The van der Waals surface area contributed by atoms with Crippen LogP contribution in [0.1, 0.15) is 44.9 Å². The molecule has 0 radical (unpaired) electrons. The summed E-state index contributed by atoms with van der Waals surface area (Å²) < 4.78 is 0. The van der Waals surface area contributed by atoms with Gasteiger partial charge in [-0.2, -0.15) is 11.8 Å². The second kappa shape index (κ2) is 4.22. The molecule has 2 rings (SSSR count). The minimum Gasteiger partial charge on any atom is -0.330 e. The molecule has 0 aromatic carbocycles. The fourth-order valence-electron chi connectivity index (χ4n) is 2.23. The molecule has 0 atom stereocenters. The molecule has 2 aliphatic carbocycles.